The Morgan fingerprint density at radius 1 is 1.28 bits per heavy atom. The van der Waals surface area contributed by atoms with Crippen molar-refractivity contribution in [1.29, 1.82) is 0 Å². The summed E-state index contributed by atoms with van der Waals surface area (Å²) in [4.78, 5) is 0.328. The summed E-state index contributed by atoms with van der Waals surface area (Å²) < 4.78 is 31.2. The maximum absolute atomic E-state index is 12.5. The number of methoxy groups -OCH3 is 1. The smallest absolute Gasteiger partial charge is 0.243 e. The standard InChI is InChI=1S/C12H20N2O3S/c1-11-5-3-4-6-12(11)18(15,16)14(8-7-13)9-10-17-2/h3-6H,7-10,13H2,1-2H3. The van der Waals surface area contributed by atoms with Crippen molar-refractivity contribution in [3.63, 3.8) is 0 Å². The Hall–Kier alpha value is -0.950. The van der Waals surface area contributed by atoms with Gasteiger partial charge >= 0.3 is 0 Å². The average Bonchev–Trinajstić information content (AvgIpc) is 2.34. The van der Waals surface area contributed by atoms with Gasteiger partial charge in [-0.1, -0.05) is 18.2 Å². The number of rotatable bonds is 7. The van der Waals surface area contributed by atoms with Crippen molar-refractivity contribution in [3.8, 4) is 0 Å². The van der Waals surface area contributed by atoms with Crippen LogP contribution in [-0.2, 0) is 14.8 Å². The van der Waals surface area contributed by atoms with E-state index in [1.807, 2.05) is 6.07 Å². The van der Waals surface area contributed by atoms with Gasteiger partial charge in [0.25, 0.3) is 0 Å². The molecule has 1 aromatic carbocycles. The van der Waals surface area contributed by atoms with Gasteiger partial charge in [0.2, 0.25) is 10.0 Å². The summed E-state index contributed by atoms with van der Waals surface area (Å²) in [6.07, 6.45) is 0. The number of ether oxygens (including phenoxy) is 1. The van der Waals surface area contributed by atoms with E-state index in [1.165, 1.54) is 4.31 Å². The highest BCUT2D eigenvalue weighted by Crippen LogP contribution is 2.18. The molecule has 0 amide bonds. The minimum absolute atomic E-state index is 0.287. The Morgan fingerprint density at radius 3 is 2.50 bits per heavy atom. The fourth-order valence-electron chi connectivity index (χ4n) is 1.67. The van der Waals surface area contributed by atoms with E-state index in [4.69, 9.17) is 10.5 Å². The van der Waals surface area contributed by atoms with Gasteiger partial charge in [-0.25, -0.2) is 8.42 Å². The van der Waals surface area contributed by atoms with Crippen molar-refractivity contribution < 1.29 is 13.2 Å². The zero-order valence-corrected chi connectivity index (χ0v) is 11.6. The number of aryl methyl sites for hydroxylation is 1. The first kappa shape index (κ1) is 15.1. The molecule has 0 aliphatic heterocycles. The van der Waals surface area contributed by atoms with Crippen LogP contribution in [0.25, 0.3) is 0 Å². The molecule has 0 radical (unpaired) electrons. The Morgan fingerprint density at radius 2 is 1.94 bits per heavy atom. The van der Waals surface area contributed by atoms with Gasteiger partial charge < -0.3 is 10.5 Å². The number of sulfonamides is 1. The zero-order chi connectivity index (χ0) is 13.6. The molecule has 0 saturated carbocycles. The fraction of sp³-hybridized carbons (Fsp3) is 0.500. The third kappa shape index (κ3) is 3.52. The minimum Gasteiger partial charge on any atom is -0.383 e. The molecule has 0 aliphatic rings. The first-order valence-corrected chi connectivity index (χ1v) is 7.23. The summed E-state index contributed by atoms with van der Waals surface area (Å²) in [5.41, 5.74) is 6.20. The van der Waals surface area contributed by atoms with Gasteiger partial charge in [0.1, 0.15) is 0 Å². The molecule has 1 rings (SSSR count). The lowest BCUT2D eigenvalue weighted by atomic mass is 10.2. The second-order valence-electron chi connectivity index (χ2n) is 3.95. The summed E-state index contributed by atoms with van der Waals surface area (Å²) in [5, 5.41) is 0. The van der Waals surface area contributed by atoms with E-state index in [2.05, 4.69) is 0 Å². The topological polar surface area (TPSA) is 72.6 Å². The van der Waals surface area contributed by atoms with E-state index in [1.54, 1.807) is 32.2 Å². The maximum Gasteiger partial charge on any atom is 0.243 e. The molecule has 0 atom stereocenters. The number of nitrogens with zero attached hydrogens (tertiary/aromatic N) is 1. The molecular formula is C12H20N2O3S. The van der Waals surface area contributed by atoms with E-state index < -0.39 is 10.0 Å². The Bertz CT molecular complexity index is 474. The minimum atomic E-state index is -3.49. The van der Waals surface area contributed by atoms with Gasteiger partial charge in [-0.3, -0.25) is 0 Å². The lowest BCUT2D eigenvalue weighted by molar-refractivity contribution is 0.179. The van der Waals surface area contributed by atoms with Gasteiger partial charge in [0.05, 0.1) is 11.5 Å². The van der Waals surface area contributed by atoms with Crippen LogP contribution in [0.15, 0.2) is 29.2 Å². The van der Waals surface area contributed by atoms with Crippen molar-refractivity contribution in [2.45, 2.75) is 11.8 Å². The van der Waals surface area contributed by atoms with E-state index in [9.17, 15) is 8.42 Å². The van der Waals surface area contributed by atoms with Gasteiger partial charge in [-0.15, -0.1) is 0 Å². The monoisotopic (exact) mass is 272 g/mol. The van der Waals surface area contributed by atoms with Gasteiger partial charge in [0, 0.05) is 26.7 Å². The van der Waals surface area contributed by atoms with Crippen LogP contribution in [0, 0.1) is 6.92 Å². The molecule has 0 heterocycles. The Labute approximate surface area is 109 Å². The SMILES string of the molecule is COCCN(CCN)S(=O)(=O)c1ccccc1C. The molecule has 0 bridgehead atoms. The molecule has 5 nitrogen and oxygen atoms in total. The Kier molecular flexibility index (Phi) is 5.74. The highest BCUT2D eigenvalue weighted by Gasteiger charge is 2.24. The van der Waals surface area contributed by atoms with E-state index >= 15 is 0 Å². The Balaban J connectivity index is 3.05. The van der Waals surface area contributed by atoms with Crippen LogP contribution in [0.4, 0.5) is 0 Å². The zero-order valence-electron chi connectivity index (χ0n) is 10.8. The largest absolute Gasteiger partial charge is 0.383 e. The second-order valence-corrected chi connectivity index (χ2v) is 5.86. The molecule has 0 spiro atoms. The third-order valence-corrected chi connectivity index (χ3v) is 4.69. The fourth-order valence-corrected chi connectivity index (χ4v) is 3.34. The van der Waals surface area contributed by atoms with Crippen LogP contribution in [0.5, 0.6) is 0 Å². The average molecular weight is 272 g/mol. The molecule has 0 saturated heterocycles. The second kappa shape index (κ2) is 6.84. The molecule has 102 valence electrons. The van der Waals surface area contributed by atoms with Crippen LogP contribution in [-0.4, -0.2) is 46.1 Å². The van der Waals surface area contributed by atoms with E-state index in [-0.39, 0.29) is 6.54 Å². The van der Waals surface area contributed by atoms with Gasteiger partial charge in [0.15, 0.2) is 0 Å². The normalized spacial score (nSPS) is 12.0. The summed E-state index contributed by atoms with van der Waals surface area (Å²) in [5.74, 6) is 0. The summed E-state index contributed by atoms with van der Waals surface area (Å²) in [6.45, 7) is 3.02. The van der Waals surface area contributed by atoms with E-state index in [0.29, 0.717) is 24.6 Å². The van der Waals surface area contributed by atoms with Crippen LogP contribution < -0.4 is 5.73 Å². The van der Waals surface area contributed by atoms with Crippen molar-refractivity contribution in [1.82, 2.24) is 4.31 Å². The van der Waals surface area contributed by atoms with Crippen LogP contribution in [0.1, 0.15) is 5.56 Å². The molecule has 0 fully saturated rings. The predicted octanol–water partition coefficient (Wildman–Crippen LogP) is 0.591. The van der Waals surface area contributed by atoms with Crippen molar-refractivity contribution >= 4 is 10.0 Å². The quantitative estimate of drug-likeness (QED) is 0.788. The molecule has 0 aromatic heterocycles. The van der Waals surface area contributed by atoms with Crippen LogP contribution in [0.2, 0.25) is 0 Å². The first-order valence-electron chi connectivity index (χ1n) is 5.79. The number of hydrogen-bond acceptors (Lipinski definition) is 4. The first-order chi connectivity index (χ1) is 8.54. The van der Waals surface area contributed by atoms with Crippen molar-refractivity contribution in [2.24, 2.45) is 5.73 Å². The molecule has 1 aromatic rings. The molecule has 0 aliphatic carbocycles. The van der Waals surface area contributed by atoms with Crippen LogP contribution in [0.3, 0.4) is 0 Å². The summed E-state index contributed by atoms with van der Waals surface area (Å²) >= 11 is 0. The summed E-state index contributed by atoms with van der Waals surface area (Å²) in [7, 11) is -1.95. The molecule has 18 heavy (non-hydrogen) atoms. The highest BCUT2D eigenvalue weighted by atomic mass is 32.2. The summed E-state index contributed by atoms with van der Waals surface area (Å²) in [6, 6.07) is 6.93. The molecule has 0 unspecified atom stereocenters. The lowest BCUT2D eigenvalue weighted by Crippen LogP contribution is -2.37. The lowest BCUT2D eigenvalue weighted by Gasteiger charge is -2.22. The van der Waals surface area contributed by atoms with E-state index in [0.717, 1.165) is 5.56 Å². The molecule has 2 N–H and O–H groups in total. The number of benzene rings is 1. The number of hydrogen-bond donors (Lipinski definition) is 1. The third-order valence-electron chi connectivity index (χ3n) is 2.63. The van der Waals surface area contributed by atoms with Crippen molar-refractivity contribution in [2.75, 3.05) is 33.4 Å². The van der Waals surface area contributed by atoms with Gasteiger partial charge in [-0.05, 0) is 18.6 Å². The number of nitrogens with two attached hydrogens (primary N) is 1. The highest BCUT2D eigenvalue weighted by molar-refractivity contribution is 7.89. The predicted molar refractivity (Wildman–Crippen MR) is 70.9 cm³/mol. The van der Waals surface area contributed by atoms with Crippen LogP contribution >= 0.6 is 0 Å². The van der Waals surface area contributed by atoms with Gasteiger partial charge in [-0.2, -0.15) is 4.31 Å². The van der Waals surface area contributed by atoms with Crippen molar-refractivity contribution in [3.05, 3.63) is 29.8 Å². The maximum atomic E-state index is 12.5. The molecule has 6 heteroatoms. The molecular weight excluding hydrogens is 252 g/mol.